The number of rotatable bonds is 5. The topological polar surface area (TPSA) is 28.2 Å². The molecule has 4 heteroatoms. The average Bonchev–Trinajstić information content (AvgIpc) is 2.88. The second kappa shape index (κ2) is 5.94. The predicted octanol–water partition coefficient (Wildman–Crippen LogP) is 2.31. The Morgan fingerprint density at radius 2 is 2.41 bits per heavy atom. The Bertz CT molecular complexity index is 342. The highest BCUT2D eigenvalue weighted by Crippen LogP contribution is 2.20. The Hall–Kier alpha value is -0.450. The molecule has 0 amide bonds. The van der Waals surface area contributed by atoms with Gasteiger partial charge in [-0.2, -0.15) is 0 Å². The highest BCUT2D eigenvalue weighted by atomic mass is 32.1. The fourth-order valence-corrected chi connectivity index (χ4v) is 3.14. The second-order valence-corrected chi connectivity index (χ2v) is 6.28. The zero-order chi connectivity index (χ0) is 12.3. The molecule has 1 N–H and O–H groups in total. The summed E-state index contributed by atoms with van der Waals surface area (Å²) in [5.74, 6) is 1.38. The molecule has 1 atom stereocenters. The lowest BCUT2D eigenvalue weighted by molar-refractivity contribution is 0.276. The van der Waals surface area contributed by atoms with Gasteiger partial charge in [0.2, 0.25) is 0 Å². The van der Waals surface area contributed by atoms with Crippen LogP contribution in [0, 0.1) is 5.92 Å². The van der Waals surface area contributed by atoms with Crippen LogP contribution in [0.5, 0.6) is 0 Å². The van der Waals surface area contributed by atoms with Crippen molar-refractivity contribution in [2.45, 2.75) is 32.7 Å². The van der Waals surface area contributed by atoms with Crippen LogP contribution in [0.15, 0.2) is 5.38 Å². The largest absolute Gasteiger partial charge is 0.316 e. The minimum absolute atomic E-state index is 0.554. The molecule has 17 heavy (non-hydrogen) atoms. The van der Waals surface area contributed by atoms with Crippen molar-refractivity contribution < 1.29 is 0 Å². The summed E-state index contributed by atoms with van der Waals surface area (Å²) in [6.07, 6.45) is 1.32. The van der Waals surface area contributed by atoms with Crippen LogP contribution in [-0.2, 0) is 6.54 Å². The van der Waals surface area contributed by atoms with Gasteiger partial charge < -0.3 is 10.2 Å². The Labute approximate surface area is 108 Å². The van der Waals surface area contributed by atoms with Gasteiger partial charge in [0, 0.05) is 24.4 Å². The SMILES string of the molecule is CC(C)c1nc(CN(C)C[C@@H]2CCNC2)cs1. The summed E-state index contributed by atoms with van der Waals surface area (Å²) in [4.78, 5) is 7.09. The highest BCUT2D eigenvalue weighted by Gasteiger charge is 2.17. The Morgan fingerprint density at radius 3 is 3.00 bits per heavy atom. The minimum atomic E-state index is 0.554. The third kappa shape index (κ3) is 3.76. The maximum atomic E-state index is 4.69. The molecular formula is C13H23N3S. The second-order valence-electron chi connectivity index (χ2n) is 5.39. The standard InChI is InChI=1S/C13H23N3S/c1-10(2)13-15-12(9-17-13)8-16(3)7-11-4-5-14-6-11/h9-11,14H,4-8H2,1-3H3/t11-/m1/s1. The summed E-state index contributed by atoms with van der Waals surface area (Å²) in [5, 5.41) is 6.89. The molecule has 0 bridgehead atoms. The van der Waals surface area contributed by atoms with Crippen LogP contribution in [0.1, 0.15) is 36.9 Å². The fourth-order valence-electron chi connectivity index (χ4n) is 2.31. The lowest BCUT2D eigenvalue weighted by Crippen LogP contribution is -2.26. The third-order valence-corrected chi connectivity index (χ3v) is 4.42. The van der Waals surface area contributed by atoms with Crippen molar-refractivity contribution in [3.05, 3.63) is 16.1 Å². The van der Waals surface area contributed by atoms with Gasteiger partial charge in [0.05, 0.1) is 10.7 Å². The van der Waals surface area contributed by atoms with E-state index in [4.69, 9.17) is 0 Å². The Balaban J connectivity index is 1.82. The molecule has 1 aliphatic rings. The van der Waals surface area contributed by atoms with Gasteiger partial charge in [-0.1, -0.05) is 13.8 Å². The molecule has 0 saturated carbocycles. The van der Waals surface area contributed by atoms with Gasteiger partial charge >= 0.3 is 0 Å². The normalized spacial score (nSPS) is 20.6. The van der Waals surface area contributed by atoms with Crippen LogP contribution in [0.25, 0.3) is 0 Å². The summed E-state index contributed by atoms with van der Waals surface area (Å²) in [6, 6.07) is 0. The first-order valence-corrected chi connectivity index (χ1v) is 7.36. The zero-order valence-corrected chi connectivity index (χ0v) is 11.9. The summed E-state index contributed by atoms with van der Waals surface area (Å²) in [6.45, 7) is 8.94. The van der Waals surface area contributed by atoms with Gasteiger partial charge in [-0.3, -0.25) is 0 Å². The molecule has 1 fully saturated rings. The fraction of sp³-hybridized carbons (Fsp3) is 0.769. The van der Waals surface area contributed by atoms with E-state index in [1.807, 2.05) is 0 Å². The highest BCUT2D eigenvalue weighted by molar-refractivity contribution is 7.09. The van der Waals surface area contributed by atoms with Gasteiger partial charge in [-0.25, -0.2) is 4.98 Å². The molecule has 1 aromatic heterocycles. The lowest BCUT2D eigenvalue weighted by Gasteiger charge is -2.19. The number of hydrogen-bond acceptors (Lipinski definition) is 4. The van der Waals surface area contributed by atoms with Crippen LogP contribution in [0.4, 0.5) is 0 Å². The van der Waals surface area contributed by atoms with Crippen molar-refractivity contribution in [1.82, 2.24) is 15.2 Å². The maximum Gasteiger partial charge on any atom is 0.0954 e. The van der Waals surface area contributed by atoms with Gasteiger partial charge in [-0.05, 0) is 32.5 Å². The van der Waals surface area contributed by atoms with E-state index in [2.05, 4.69) is 41.5 Å². The average molecular weight is 253 g/mol. The monoisotopic (exact) mass is 253 g/mol. The first-order valence-electron chi connectivity index (χ1n) is 6.48. The lowest BCUT2D eigenvalue weighted by atomic mass is 10.1. The van der Waals surface area contributed by atoms with Gasteiger partial charge in [0.15, 0.2) is 0 Å². The van der Waals surface area contributed by atoms with Crippen molar-refractivity contribution in [2.24, 2.45) is 5.92 Å². The van der Waals surface area contributed by atoms with Crippen LogP contribution < -0.4 is 5.32 Å². The van der Waals surface area contributed by atoms with Crippen molar-refractivity contribution >= 4 is 11.3 Å². The van der Waals surface area contributed by atoms with Crippen molar-refractivity contribution in [1.29, 1.82) is 0 Å². The molecule has 0 radical (unpaired) electrons. The molecule has 3 nitrogen and oxygen atoms in total. The smallest absolute Gasteiger partial charge is 0.0954 e. The van der Waals surface area contributed by atoms with E-state index in [-0.39, 0.29) is 0 Å². The number of thiazole rings is 1. The van der Waals surface area contributed by atoms with E-state index in [1.165, 1.54) is 36.8 Å². The molecule has 1 aliphatic heterocycles. The van der Waals surface area contributed by atoms with Crippen LogP contribution in [0.2, 0.25) is 0 Å². The molecule has 0 aromatic carbocycles. The molecular weight excluding hydrogens is 230 g/mol. The molecule has 2 heterocycles. The summed E-state index contributed by atoms with van der Waals surface area (Å²) < 4.78 is 0. The number of nitrogens with zero attached hydrogens (tertiary/aromatic N) is 2. The van der Waals surface area contributed by atoms with E-state index in [1.54, 1.807) is 11.3 Å². The van der Waals surface area contributed by atoms with E-state index in [9.17, 15) is 0 Å². The van der Waals surface area contributed by atoms with Gasteiger partial charge in [0.1, 0.15) is 0 Å². The molecule has 0 unspecified atom stereocenters. The quantitative estimate of drug-likeness (QED) is 0.873. The Morgan fingerprint density at radius 1 is 1.59 bits per heavy atom. The number of aromatic nitrogens is 1. The molecule has 1 saturated heterocycles. The van der Waals surface area contributed by atoms with Crippen LogP contribution in [0.3, 0.4) is 0 Å². The molecule has 96 valence electrons. The van der Waals surface area contributed by atoms with E-state index < -0.39 is 0 Å². The Kier molecular flexibility index (Phi) is 4.54. The van der Waals surface area contributed by atoms with Gasteiger partial charge in [-0.15, -0.1) is 11.3 Å². The molecule has 0 spiro atoms. The number of nitrogens with one attached hydrogen (secondary N) is 1. The zero-order valence-electron chi connectivity index (χ0n) is 11.1. The van der Waals surface area contributed by atoms with E-state index in [0.717, 1.165) is 12.5 Å². The first kappa shape index (κ1) is 13.0. The van der Waals surface area contributed by atoms with Crippen LogP contribution >= 0.6 is 11.3 Å². The predicted molar refractivity (Wildman–Crippen MR) is 73.5 cm³/mol. The maximum absolute atomic E-state index is 4.69. The summed E-state index contributed by atoms with van der Waals surface area (Å²) >= 11 is 1.79. The van der Waals surface area contributed by atoms with Crippen molar-refractivity contribution in [3.8, 4) is 0 Å². The van der Waals surface area contributed by atoms with E-state index in [0.29, 0.717) is 5.92 Å². The molecule has 2 rings (SSSR count). The van der Waals surface area contributed by atoms with Gasteiger partial charge in [0.25, 0.3) is 0 Å². The van der Waals surface area contributed by atoms with Crippen LogP contribution in [-0.4, -0.2) is 36.6 Å². The first-order chi connectivity index (χ1) is 8.15. The molecule has 1 aromatic rings. The summed E-state index contributed by atoms with van der Waals surface area (Å²) in [5.41, 5.74) is 1.23. The minimum Gasteiger partial charge on any atom is -0.316 e. The van der Waals surface area contributed by atoms with Crippen molar-refractivity contribution in [2.75, 3.05) is 26.7 Å². The summed E-state index contributed by atoms with van der Waals surface area (Å²) in [7, 11) is 2.20. The number of hydrogen-bond donors (Lipinski definition) is 1. The molecule has 0 aliphatic carbocycles. The third-order valence-electron chi connectivity index (χ3n) is 3.23. The van der Waals surface area contributed by atoms with Crippen molar-refractivity contribution in [3.63, 3.8) is 0 Å². The van der Waals surface area contributed by atoms with E-state index >= 15 is 0 Å².